The molecule has 0 spiro atoms. The lowest BCUT2D eigenvalue weighted by Crippen LogP contribution is -2.45. The normalized spacial score (nSPS) is 11.9. The Morgan fingerprint density at radius 3 is 2.09 bits per heavy atom. The molecular weight excluding hydrogens is 698 g/mol. The molecule has 2 atom stereocenters. The lowest BCUT2D eigenvalue weighted by atomic mass is 9.94. The third kappa shape index (κ3) is 13.4. The number of rotatable bonds is 19. The van der Waals surface area contributed by atoms with E-state index in [9.17, 15) is 23.9 Å². The molecule has 12 heteroatoms. The van der Waals surface area contributed by atoms with E-state index in [0.29, 0.717) is 63.0 Å². The van der Waals surface area contributed by atoms with E-state index >= 15 is 0 Å². The van der Waals surface area contributed by atoms with Gasteiger partial charge in [0.25, 0.3) is 5.91 Å². The number of para-hydroxylation sites is 1. The van der Waals surface area contributed by atoms with Gasteiger partial charge in [0.05, 0.1) is 23.8 Å². The van der Waals surface area contributed by atoms with Crippen molar-refractivity contribution in [3.8, 4) is 22.4 Å². The van der Waals surface area contributed by atoms with Gasteiger partial charge in [0.1, 0.15) is 11.9 Å². The maximum absolute atomic E-state index is 14.2. The summed E-state index contributed by atoms with van der Waals surface area (Å²) in [5, 5.41) is 19.3. The highest BCUT2D eigenvalue weighted by molar-refractivity contribution is 6.12. The molecule has 55 heavy (non-hydrogen) atoms. The number of guanidine groups is 1. The minimum absolute atomic E-state index is 0.0290. The summed E-state index contributed by atoms with van der Waals surface area (Å²) in [5.74, 6) is -1.36. The van der Waals surface area contributed by atoms with E-state index in [4.69, 9.17) is 11.5 Å². The molecule has 296 valence electrons. The van der Waals surface area contributed by atoms with Crippen LogP contribution in [0.4, 0.5) is 10.1 Å². The number of anilines is 1. The van der Waals surface area contributed by atoms with Crippen LogP contribution < -0.4 is 27.4 Å². The van der Waals surface area contributed by atoms with Crippen LogP contribution in [0.2, 0.25) is 0 Å². The second kappa shape index (κ2) is 22.7. The molecule has 0 aliphatic carbocycles. The number of carbonyl (C=O) groups is 3. The van der Waals surface area contributed by atoms with Crippen molar-refractivity contribution < 1.29 is 23.9 Å². The molecule has 0 radical (unpaired) electrons. The number of aliphatic imine (C=N–C) groups is 1. The molecule has 11 nitrogen and oxygen atoms in total. The highest BCUT2D eigenvalue weighted by atomic mass is 19.1. The van der Waals surface area contributed by atoms with Gasteiger partial charge in [-0.1, -0.05) is 76.2 Å². The quantitative estimate of drug-likeness (QED) is 0.0343. The second-order valence-corrected chi connectivity index (χ2v) is 13.4. The number of benzene rings is 3. The number of unbranched alkanes of at least 4 members (excludes halogenated alkanes) is 2. The van der Waals surface area contributed by atoms with Crippen LogP contribution in [0.3, 0.4) is 0 Å². The van der Waals surface area contributed by atoms with Crippen molar-refractivity contribution in [1.29, 1.82) is 0 Å². The predicted octanol–water partition coefficient (Wildman–Crippen LogP) is 6.96. The number of nitrogens with zero attached hydrogens (tertiary/aromatic N) is 2. The number of aliphatic hydroxyl groups is 1. The number of hydrogen-bond acceptors (Lipinski definition) is 5. The minimum Gasteiger partial charge on any atom is -0.393 e. The van der Waals surface area contributed by atoms with E-state index in [2.05, 4.69) is 25.5 Å². The molecular formula is C43H58FN7O4. The van der Waals surface area contributed by atoms with E-state index in [1.807, 2.05) is 88.4 Å². The Bertz CT molecular complexity index is 1820. The Morgan fingerprint density at radius 1 is 0.836 bits per heavy atom. The van der Waals surface area contributed by atoms with E-state index in [1.54, 1.807) is 19.1 Å². The van der Waals surface area contributed by atoms with E-state index in [0.717, 1.165) is 28.1 Å². The second-order valence-electron chi connectivity index (χ2n) is 13.4. The van der Waals surface area contributed by atoms with Gasteiger partial charge in [-0.3, -0.25) is 19.4 Å². The molecule has 0 aliphatic heterocycles. The number of amides is 3. The maximum Gasteiger partial charge on any atom is 0.258 e. The lowest BCUT2D eigenvalue weighted by Gasteiger charge is -2.18. The molecule has 4 rings (SSSR count). The molecule has 0 saturated carbocycles. The number of aromatic nitrogens is 1. The van der Waals surface area contributed by atoms with Gasteiger partial charge >= 0.3 is 0 Å². The van der Waals surface area contributed by atoms with Crippen molar-refractivity contribution in [2.75, 3.05) is 18.4 Å². The van der Waals surface area contributed by atoms with Crippen LogP contribution in [-0.4, -0.2) is 58.6 Å². The first-order chi connectivity index (χ1) is 26.5. The molecule has 8 N–H and O–H groups in total. The van der Waals surface area contributed by atoms with Crippen molar-refractivity contribution in [2.24, 2.45) is 16.5 Å². The first-order valence-electron chi connectivity index (χ1n) is 19.2. The van der Waals surface area contributed by atoms with Crippen molar-refractivity contribution in [2.45, 2.75) is 97.8 Å². The summed E-state index contributed by atoms with van der Waals surface area (Å²) < 4.78 is 16.3. The minimum atomic E-state index is -0.904. The van der Waals surface area contributed by atoms with Crippen LogP contribution in [0.1, 0.15) is 95.1 Å². The summed E-state index contributed by atoms with van der Waals surface area (Å²) in [6.45, 7) is 11.1. The number of halogens is 1. The van der Waals surface area contributed by atoms with Crippen LogP contribution >= 0.6 is 0 Å². The van der Waals surface area contributed by atoms with Gasteiger partial charge in [-0.2, -0.15) is 0 Å². The maximum atomic E-state index is 14.2. The summed E-state index contributed by atoms with van der Waals surface area (Å²) in [7, 11) is 0. The van der Waals surface area contributed by atoms with Crippen molar-refractivity contribution in [3.05, 3.63) is 102 Å². The molecule has 3 amide bonds. The zero-order chi connectivity index (χ0) is 40.3. The number of hydrogen-bond donors (Lipinski definition) is 6. The number of nitrogens with two attached hydrogens (primary N) is 2. The van der Waals surface area contributed by atoms with E-state index < -0.39 is 18.1 Å². The SMILES string of the molecule is CC.CC(NC(=O)CC(O)CCCCn1c(-c2ccc(F)cc2)c(-c2ccccc2)c(C(=O)Nc2ccccc2)c1C(C)C)C(=O)NCCCCN=C(N)N. The largest absolute Gasteiger partial charge is 0.393 e. The van der Waals surface area contributed by atoms with Crippen molar-refractivity contribution >= 4 is 29.4 Å². The molecule has 0 bridgehead atoms. The number of carbonyl (C=O) groups excluding carboxylic acids is 3. The molecule has 1 heterocycles. The first-order valence-corrected chi connectivity index (χ1v) is 19.2. The van der Waals surface area contributed by atoms with Gasteiger partial charge < -0.3 is 37.1 Å². The van der Waals surface area contributed by atoms with Crippen molar-refractivity contribution in [1.82, 2.24) is 15.2 Å². The van der Waals surface area contributed by atoms with Crippen molar-refractivity contribution in [3.63, 3.8) is 0 Å². The highest BCUT2D eigenvalue weighted by Crippen LogP contribution is 2.42. The smallest absolute Gasteiger partial charge is 0.258 e. The molecule has 3 aromatic carbocycles. The standard InChI is InChI=1S/C41H52FN7O4.C2H6/c1-27(2)37-36(40(53)48-32-16-8-5-9-17-32)35(29-14-6-4-7-15-29)38(30-19-21-31(42)22-20-30)49(37)25-13-10-18-33(50)26-34(51)47-28(3)39(52)45-23-11-12-24-46-41(43)44;1-2/h4-9,14-17,19-22,27-28,33,50H,10-13,18,23-26H2,1-3H3,(H,45,52)(H,47,51)(H,48,53)(H4,43,44,46);1-2H3. The van der Waals surface area contributed by atoms with Gasteiger partial charge in [-0.05, 0) is 92.5 Å². The average molecular weight is 756 g/mol. The third-order valence-corrected chi connectivity index (χ3v) is 8.83. The summed E-state index contributed by atoms with van der Waals surface area (Å²) in [6.07, 6.45) is 1.94. The van der Waals surface area contributed by atoms with Crippen LogP contribution in [0.15, 0.2) is 89.9 Å². The monoisotopic (exact) mass is 755 g/mol. The van der Waals surface area contributed by atoms with Gasteiger partial charge in [0.2, 0.25) is 11.8 Å². The predicted molar refractivity (Wildman–Crippen MR) is 220 cm³/mol. The Balaban J connectivity index is 0.00000399. The molecule has 0 aliphatic rings. The molecule has 2 unspecified atom stereocenters. The van der Waals surface area contributed by atoms with Crippen LogP contribution in [0.25, 0.3) is 22.4 Å². The highest BCUT2D eigenvalue weighted by Gasteiger charge is 2.30. The lowest BCUT2D eigenvalue weighted by molar-refractivity contribution is -0.129. The fourth-order valence-electron chi connectivity index (χ4n) is 6.35. The van der Waals surface area contributed by atoms with Gasteiger partial charge in [0, 0.05) is 36.6 Å². The molecule has 0 saturated heterocycles. The molecule has 1 aromatic heterocycles. The average Bonchev–Trinajstić information content (AvgIpc) is 3.52. The zero-order valence-electron chi connectivity index (χ0n) is 32.8. The van der Waals surface area contributed by atoms with Crippen LogP contribution in [0.5, 0.6) is 0 Å². The summed E-state index contributed by atoms with van der Waals surface area (Å²) in [5.41, 5.74) is 15.9. The Morgan fingerprint density at radius 2 is 1.47 bits per heavy atom. The third-order valence-electron chi connectivity index (χ3n) is 8.83. The summed E-state index contributed by atoms with van der Waals surface area (Å²) >= 11 is 0. The topological polar surface area (TPSA) is 177 Å². The summed E-state index contributed by atoms with van der Waals surface area (Å²) in [4.78, 5) is 43.2. The molecule has 4 aromatic rings. The van der Waals surface area contributed by atoms with Crippen LogP contribution in [-0.2, 0) is 16.1 Å². The van der Waals surface area contributed by atoms with Gasteiger partial charge in [-0.25, -0.2) is 4.39 Å². The molecule has 0 fully saturated rings. The summed E-state index contributed by atoms with van der Waals surface area (Å²) in [6, 6.07) is 24.6. The fraction of sp³-hybridized carbons (Fsp3) is 0.395. The van der Waals surface area contributed by atoms with E-state index in [-0.39, 0.29) is 35.9 Å². The first kappa shape index (κ1) is 43.9. The zero-order valence-corrected chi connectivity index (χ0v) is 32.8. The van der Waals surface area contributed by atoms with E-state index in [1.165, 1.54) is 12.1 Å². The van der Waals surface area contributed by atoms with Gasteiger partial charge in [0.15, 0.2) is 5.96 Å². The Hall–Kier alpha value is -5.49. The number of nitrogens with one attached hydrogen (secondary N) is 3. The fourth-order valence-corrected chi connectivity index (χ4v) is 6.35. The Kier molecular flexibility index (Phi) is 18.1. The Labute approximate surface area is 324 Å². The van der Waals surface area contributed by atoms with Crippen LogP contribution in [0, 0.1) is 5.82 Å². The number of aliphatic hydroxyl groups excluding tert-OH is 1. The van der Waals surface area contributed by atoms with Gasteiger partial charge in [-0.15, -0.1) is 0 Å².